The minimum atomic E-state index is 0.173. The smallest absolute Gasteiger partial charge is 0.144 e. The van der Waals surface area contributed by atoms with Crippen LogP contribution in [0.4, 0.5) is 0 Å². The molecule has 0 aliphatic carbocycles. The molecule has 5 nitrogen and oxygen atoms in total. The van der Waals surface area contributed by atoms with E-state index in [-0.39, 0.29) is 6.17 Å². The lowest BCUT2D eigenvalue weighted by Gasteiger charge is -2.22. The number of nitrogens with zero attached hydrogens (tertiary/aromatic N) is 5. The number of hydrogen-bond donors (Lipinski definition) is 0. The molecule has 5 heteroatoms. The van der Waals surface area contributed by atoms with E-state index in [1.165, 1.54) is 0 Å². The monoisotopic (exact) mass is 255 g/mol. The molecule has 3 rings (SSSR count). The second-order valence-corrected chi connectivity index (χ2v) is 4.60. The third kappa shape index (κ3) is 2.36. The molecule has 0 fully saturated rings. The molecule has 3 heterocycles. The van der Waals surface area contributed by atoms with Crippen LogP contribution in [-0.2, 0) is 0 Å². The fourth-order valence-electron chi connectivity index (χ4n) is 2.35. The normalized spacial score (nSPS) is 18.7. The van der Waals surface area contributed by atoms with Crippen LogP contribution in [0.2, 0.25) is 0 Å². The van der Waals surface area contributed by atoms with Gasteiger partial charge in [0.05, 0.1) is 11.4 Å². The summed E-state index contributed by atoms with van der Waals surface area (Å²) in [4.78, 5) is 4.38. The van der Waals surface area contributed by atoms with Gasteiger partial charge in [0.25, 0.3) is 0 Å². The van der Waals surface area contributed by atoms with Crippen molar-refractivity contribution in [3.8, 4) is 0 Å². The fraction of sp³-hybridized carbons (Fsp3) is 0.357. The van der Waals surface area contributed by atoms with Gasteiger partial charge in [-0.25, -0.2) is 4.68 Å². The molecule has 1 unspecified atom stereocenters. The molecule has 0 saturated heterocycles. The maximum absolute atomic E-state index is 4.71. The number of hydrogen-bond acceptors (Lipinski definition) is 4. The average Bonchev–Trinajstić information content (AvgIpc) is 3.09. The maximum Gasteiger partial charge on any atom is 0.144 e. The molecule has 0 amide bonds. The first kappa shape index (κ1) is 11.9. The van der Waals surface area contributed by atoms with Crippen LogP contribution in [0.5, 0.6) is 0 Å². The Morgan fingerprint density at radius 2 is 2.21 bits per heavy atom. The number of aromatic nitrogens is 3. The highest BCUT2D eigenvalue weighted by Crippen LogP contribution is 2.26. The minimum absolute atomic E-state index is 0.173. The van der Waals surface area contributed by atoms with Gasteiger partial charge in [-0.15, -0.1) is 0 Å². The van der Waals surface area contributed by atoms with Crippen LogP contribution in [0.3, 0.4) is 0 Å². The summed E-state index contributed by atoms with van der Waals surface area (Å²) in [5, 5.41) is 11.2. The highest BCUT2D eigenvalue weighted by Gasteiger charge is 2.28. The first-order valence-corrected chi connectivity index (χ1v) is 6.63. The quantitative estimate of drug-likeness (QED) is 0.842. The number of pyridine rings is 1. The maximum atomic E-state index is 4.71. The lowest BCUT2D eigenvalue weighted by molar-refractivity contribution is 0.158. The van der Waals surface area contributed by atoms with Crippen molar-refractivity contribution in [3.05, 3.63) is 48.5 Å². The Morgan fingerprint density at radius 3 is 2.89 bits per heavy atom. The van der Waals surface area contributed by atoms with Crippen molar-refractivity contribution in [2.45, 2.75) is 25.9 Å². The zero-order valence-electron chi connectivity index (χ0n) is 11.0. The Bertz CT molecular complexity index is 546. The SMILES string of the molecule is CCCN1N=C(c2ccccn2)CC1n1cccn1. The van der Waals surface area contributed by atoms with Crippen LogP contribution in [0, 0.1) is 0 Å². The standard InChI is InChI=1S/C14H17N5/c1-2-9-19-14(18-10-5-8-16-18)11-13(17-19)12-6-3-4-7-15-12/h3-8,10,14H,2,9,11H2,1H3. The average molecular weight is 255 g/mol. The molecule has 2 aromatic heterocycles. The Labute approximate surface area is 112 Å². The summed E-state index contributed by atoms with van der Waals surface area (Å²) in [6.07, 6.45) is 7.69. The van der Waals surface area contributed by atoms with Crippen molar-refractivity contribution >= 4 is 5.71 Å². The van der Waals surface area contributed by atoms with E-state index in [0.29, 0.717) is 0 Å². The van der Waals surface area contributed by atoms with Crippen LogP contribution in [0.15, 0.2) is 48.0 Å². The van der Waals surface area contributed by atoms with Gasteiger partial charge in [0.1, 0.15) is 6.17 Å². The Hall–Kier alpha value is -2.17. The molecule has 1 atom stereocenters. The third-order valence-corrected chi connectivity index (χ3v) is 3.21. The van der Waals surface area contributed by atoms with Crippen molar-refractivity contribution in [2.24, 2.45) is 5.10 Å². The molecule has 98 valence electrons. The Balaban J connectivity index is 1.87. The third-order valence-electron chi connectivity index (χ3n) is 3.21. The zero-order chi connectivity index (χ0) is 13.1. The van der Waals surface area contributed by atoms with E-state index in [1.54, 1.807) is 0 Å². The molecule has 0 N–H and O–H groups in total. The Kier molecular flexibility index (Phi) is 3.27. The van der Waals surface area contributed by atoms with Gasteiger partial charge in [0.15, 0.2) is 0 Å². The predicted molar refractivity (Wildman–Crippen MR) is 73.7 cm³/mol. The van der Waals surface area contributed by atoms with Gasteiger partial charge in [-0.1, -0.05) is 13.0 Å². The summed E-state index contributed by atoms with van der Waals surface area (Å²) in [7, 11) is 0. The summed E-state index contributed by atoms with van der Waals surface area (Å²) in [6.45, 7) is 3.09. The highest BCUT2D eigenvalue weighted by molar-refractivity contribution is 5.99. The minimum Gasteiger partial charge on any atom is -0.272 e. The summed E-state index contributed by atoms with van der Waals surface area (Å²) < 4.78 is 1.97. The van der Waals surface area contributed by atoms with E-state index in [9.17, 15) is 0 Å². The van der Waals surface area contributed by atoms with Crippen LogP contribution in [-0.4, -0.2) is 32.0 Å². The van der Waals surface area contributed by atoms with Gasteiger partial charge < -0.3 is 0 Å². The topological polar surface area (TPSA) is 46.3 Å². The van der Waals surface area contributed by atoms with Crippen molar-refractivity contribution < 1.29 is 0 Å². The zero-order valence-corrected chi connectivity index (χ0v) is 11.0. The van der Waals surface area contributed by atoms with Gasteiger partial charge in [0, 0.05) is 31.6 Å². The molecule has 1 aliphatic rings. The lowest BCUT2D eigenvalue weighted by Crippen LogP contribution is -2.25. The molecule has 0 aromatic carbocycles. The largest absolute Gasteiger partial charge is 0.272 e. The van der Waals surface area contributed by atoms with Gasteiger partial charge >= 0.3 is 0 Å². The van der Waals surface area contributed by atoms with Crippen LogP contribution in [0.1, 0.15) is 31.6 Å². The fourth-order valence-corrected chi connectivity index (χ4v) is 2.35. The highest BCUT2D eigenvalue weighted by atomic mass is 15.6. The van der Waals surface area contributed by atoms with Crippen LogP contribution in [0.25, 0.3) is 0 Å². The van der Waals surface area contributed by atoms with E-state index in [1.807, 2.05) is 47.5 Å². The second kappa shape index (κ2) is 5.22. The molecule has 0 radical (unpaired) electrons. The van der Waals surface area contributed by atoms with Crippen molar-refractivity contribution in [1.82, 2.24) is 19.8 Å². The lowest BCUT2D eigenvalue weighted by atomic mass is 10.1. The second-order valence-electron chi connectivity index (χ2n) is 4.60. The molecular weight excluding hydrogens is 238 g/mol. The van der Waals surface area contributed by atoms with Crippen molar-refractivity contribution in [3.63, 3.8) is 0 Å². The van der Waals surface area contributed by atoms with E-state index < -0.39 is 0 Å². The number of hydrazone groups is 1. The van der Waals surface area contributed by atoms with Gasteiger partial charge in [-0.3, -0.25) is 9.99 Å². The Morgan fingerprint density at radius 1 is 1.26 bits per heavy atom. The molecule has 0 saturated carbocycles. The van der Waals surface area contributed by atoms with Gasteiger partial charge in [0.2, 0.25) is 0 Å². The molecule has 1 aliphatic heterocycles. The first-order valence-electron chi connectivity index (χ1n) is 6.63. The summed E-state index contributed by atoms with van der Waals surface area (Å²) in [5.41, 5.74) is 1.99. The summed E-state index contributed by atoms with van der Waals surface area (Å²) in [5.74, 6) is 0. The van der Waals surface area contributed by atoms with E-state index >= 15 is 0 Å². The van der Waals surface area contributed by atoms with E-state index in [0.717, 1.165) is 30.8 Å². The molecular formula is C14H17N5. The number of rotatable bonds is 4. The molecule has 0 spiro atoms. The van der Waals surface area contributed by atoms with Crippen molar-refractivity contribution in [2.75, 3.05) is 6.54 Å². The van der Waals surface area contributed by atoms with Gasteiger partial charge in [-0.2, -0.15) is 10.2 Å². The van der Waals surface area contributed by atoms with E-state index in [2.05, 4.69) is 22.0 Å². The van der Waals surface area contributed by atoms with Crippen LogP contribution < -0.4 is 0 Å². The first-order chi connectivity index (χ1) is 9.38. The predicted octanol–water partition coefficient (Wildman–Crippen LogP) is 2.30. The van der Waals surface area contributed by atoms with Gasteiger partial charge in [-0.05, 0) is 24.6 Å². The molecule has 0 bridgehead atoms. The van der Waals surface area contributed by atoms with E-state index in [4.69, 9.17) is 5.10 Å². The van der Waals surface area contributed by atoms with Crippen LogP contribution >= 0.6 is 0 Å². The van der Waals surface area contributed by atoms with Crippen molar-refractivity contribution in [1.29, 1.82) is 0 Å². The summed E-state index contributed by atoms with van der Waals surface area (Å²) >= 11 is 0. The molecule has 2 aromatic rings. The summed E-state index contributed by atoms with van der Waals surface area (Å²) in [6, 6.07) is 7.88. The molecule has 19 heavy (non-hydrogen) atoms.